The number of imidazole rings is 1. The number of ether oxygens (including phenoxy) is 1. The Kier molecular flexibility index (Phi) is 5.79. The van der Waals surface area contributed by atoms with Crippen LogP contribution in [-0.4, -0.2) is 53.7 Å². The zero-order valence-electron chi connectivity index (χ0n) is 16.9. The van der Waals surface area contributed by atoms with Crippen LogP contribution in [0.3, 0.4) is 0 Å². The highest BCUT2D eigenvalue weighted by atomic mass is 16.5. The molecular formula is C23H27N5O. The molecule has 1 aromatic carbocycles. The molecule has 4 rings (SSSR count). The van der Waals surface area contributed by atoms with Gasteiger partial charge in [0.1, 0.15) is 11.9 Å². The first-order valence-corrected chi connectivity index (χ1v) is 10.2. The fraction of sp³-hybridized carbons (Fsp3) is 0.391. The number of hydrogen-bond acceptors (Lipinski definition) is 5. The molecule has 29 heavy (non-hydrogen) atoms. The van der Waals surface area contributed by atoms with Gasteiger partial charge in [-0.05, 0) is 44.0 Å². The van der Waals surface area contributed by atoms with Crippen LogP contribution in [0.25, 0.3) is 16.7 Å². The van der Waals surface area contributed by atoms with Crippen molar-refractivity contribution in [3.05, 3.63) is 53.6 Å². The van der Waals surface area contributed by atoms with Gasteiger partial charge in [0, 0.05) is 25.2 Å². The van der Waals surface area contributed by atoms with E-state index in [0.717, 1.165) is 79.4 Å². The maximum atomic E-state index is 9.82. The number of para-hydroxylation sites is 2. The van der Waals surface area contributed by atoms with Gasteiger partial charge in [0.05, 0.1) is 29.8 Å². The number of morpholine rings is 1. The largest absolute Gasteiger partial charge is 0.379 e. The molecule has 0 unspecified atom stereocenters. The third-order valence-electron chi connectivity index (χ3n) is 5.63. The number of nitrogens with zero attached hydrogens (tertiary/aromatic N) is 4. The molecule has 6 nitrogen and oxygen atoms in total. The molecule has 1 aliphatic heterocycles. The number of hydrogen-bond donors (Lipinski definition) is 1. The minimum absolute atomic E-state index is 0.636. The Labute approximate surface area is 171 Å². The summed E-state index contributed by atoms with van der Waals surface area (Å²) in [7, 11) is 0. The van der Waals surface area contributed by atoms with Gasteiger partial charge >= 0.3 is 0 Å². The first-order valence-electron chi connectivity index (χ1n) is 10.2. The van der Waals surface area contributed by atoms with E-state index in [0.29, 0.717) is 12.0 Å². The average Bonchev–Trinajstić information content (AvgIpc) is 3.13. The lowest BCUT2D eigenvalue weighted by Crippen LogP contribution is -2.37. The highest BCUT2D eigenvalue weighted by Gasteiger charge is 2.20. The summed E-state index contributed by atoms with van der Waals surface area (Å²) in [4.78, 5) is 7.21. The van der Waals surface area contributed by atoms with E-state index in [1.54, 1.807) is 0 Å². The van der Waals surface area contributed by atoms with Crippen LogP contribution in [0.5, 0.6) is 0 Å². The second-order valence-electron chi connectivity index (χ2n) is 7.43. The minimum Gasteiger partial charge on any atom is -0.379 e. The van der Waals surface area contributed by atoms with E-state index in [4.69, 9.17) is 9.72 Å². The van der Waals surface area contributed by atoms with Gasteiger partial charge in [-0.25, -0.2) is 4.98 Å². The SMILES string of the molecule is C=CCc1c(C)c(C#N)c2nc3ccccc3n2c1NCCCN1CCOCC1. The monoisotopic (exact) mass is 389 g/mol. The summed E-state index contributed by atoms with van der Waals surface area (Å²) in [6.07, 6.45) is 3.64. The Morgan fingerprint density at radius 1 is 1.31 bits per heavy atom. The van der Waals surface area contributed by atoms with Crippen LogP contribution in [0.1, 0.15) is 23.1 Å². The molecule has 1 saturated heterocycles. The molecule has 0 radical (unpaired) electrons. The van der Waals surface area contributed by atoms with E-state index in [1.807, 2.05) is 31.2 Å². The Bertz CT molecular complexity index is 1070. The van der Waals surface area contributed by atoms with Crippen molar-refractivity contribution in [3.8, 4) is 6.07 Å². The van der Waals surface area contributed by atoms with Gasteiger partial charge in [0.2, 0.25) is 0 Å². The highest BCUT2D eigenvalue weighted by Crippen LogP contribution is 2.31. The zero-order valence-corrected chi connectivity index (χ0v) is 16.9. The molecule has 0 saturated carbocycles. The number of allylic oxidation sites excluding steroid dienone is 1. The summed E-state index contributed by atoms with van der Waals surface area (Å²) < 4.78 is 7.54. The number of fused-ring (bicyclic) bond motifs is 3. The van der Waals surface area contributed by atoms with Crippen molar-refractivity contribution in [2.75, 3.05) is 44.7 Å². The summed E-state index contributed by atoms with van der Waals surface area (Å²) in [5, 5.41) is 13.5. The molecule has 3 aromatic rings. The molecule has 0 bridgehead atoms. The Morgan fingerprint density at radius 2 is 2.10 bits per heavy atom. The minimum atomic E-state index is 0.636. The summed E-state index contributed by atoms with van der Waals surface area (Å²) in [5.41, 5.74) is 5.35. The van der Waals surface area contributed by atoms with Gasteiger partial charge in [-0.15, -0.1) is 6.58 Å². The van der Waals surface area contributed by atoms with E-state index in [9.17, 15) is 5.26 Å². The number of nitriles is 1. The molecular weight excluding hydrogens is 362 g/mol. The van der Waals surface area contributed by atoms with E-state index in [-0.39, 0.29) is 0 Å². The lowest BCUT2D eigenvalue weighted by Gasteiger charge is -2.26. The standard InChI is InChI=1S/C23H27N5O/c1-3-7-18-17(2)19(16-24)23-26-20-8-4-5-9-21(20)28(23)22(18)25-10-6-11-27-12-14-29-15-13-27/h3-5,8-9,25H,1,6-7,10-15H2,2H3. The number of nitrogens with one attached hydrogen (secondary N) is 1. The maximum Gasteiger partial charge on any atom is 0.157 e. The normalized spacial score (nSPS) is 14.9. The lowest BCUT2D eigenvalue weighted by atomic mass is 10.0. The van der Waals surface area contributed by atoms with Crippen molar-refractivity contribution in [1.82, 2.24) is 14.3 Å². The predicted octanol–water partition coefficient (Wildman–Crippen LogP) is 3.53. The number of pyridine rings is 1. The Morgan fingerprint density at radius 3 is 2.86 bits per heavy atom. The fourth-order valence-electron chi connectivity index (χ4n) is 4.10. The quantitative estimate of drug-likeness (QED) is 0.495. The van der Waals surface area contributed by atoms with Gasteiger partial charge in [0.15, 0.2) is 5.65 Å². The third kappa shape index (κ3) is 3.71. The molecule has 0 atom stereocenters. The van der Waals surface area contributed by atoms with E-state index < -0.39 is 0 Å². The molecule has 0 amide bonds. The molecule has 1 fully saturated rings. The van der Waals surface area contributed by atoms with Gasteiger partial charge in [-0.2, -0.15) is 5.26 Å². The Hall–Kier alpha value is -2.88. The zero-order chi connectivity index (χ0) is 20.2. The first kappa shape index (κ1) is 19.4. The third-order valence-corrected chi connectivity index (χ3v) is 5.63. The molecule has 2 aromatic heterocycles. The van der Waals surface area contributed by atoms with Crippen LogP contribution in [0, 0.1) is 18.3 Å². The van der Waals surface area contributed by atoms with E-state index in [1.165, 1.54) is 0 Å². The molecule has 1 aliphatic rings. The molecule has 0 spiro atoms. The molecule has 150 valence electrons. The number of rotatable bonds is 7. The van der Waals surface area contributed by atoms with Crippen molar-refractivity contribution < 1.29 is 4.74 Å². The second-order valence-corrected chi connectivity index (χ2v) is 7.43. The van der Waals surface area contributed by atoms with Gasteiger partial charge < -0.3 is 10.1 Å². The maximum absolute atomic E-state index is 9.82. The van der Waals surface area contributed by atoms with Crippen LogP contribution in [0.4, 0.5) is 5.82 Å². The van der Waals surface area contributed by atoms with Crippen LogP contribution in [-0.2, 0) is 11.2 Å². The molecule has 3 heterocycles. The predicted molar refractivity (Wildman–Crippen MR) is 116 cm³/mol. The summed E-state index contributed by atoms with van der Waals surface area (Å²) in [6.45, 7) is 11.5. The number of benzene rings is 1. The Balaban J connectivity index is 1.71. The van der Waals surface area contributed by atoms with Gasteiger partial charge in [0.25, 0.3) is 0 Å². The van der Waals surface area contributed by atoms with Crippen molar-refractivity contribution >= 4 is 22.5 Å². The van der Waals surface area contributed by atoms with Crippen LogP contribution in [0.2, 0.25) is 0 Å². The van der Waals surface area contributed by atoms with E-state index in [2.05, 4.69) is 33.3 Å². The summed E-state index contributed by atoms with van der Waals surface area (Å²) >= 11 is 0. The van der Waals surface area contributed by atoms with Crippen molar-refractivity contribution in [3.63, 3.8) is 0 Å². The topological polar surface area (TPSA) is 65.6 Å². The average molecular weight is 390 g/mol. The van der Waals surface area contributed by atoms with Gasteiger partial charge in [-0.3, -0.25) is 9.30 Å². The highest BCUT2D eigenvalue weighted by molar-refractivity contribution is 5.86. The number of anilines is 1. The second kappa shape index (κ2) is 8.64. The van der Waals surface area contributed by atoms with E-state index >= 15 is 0 Å². The fourth-order valence-corrected chi connectivity index (χ4v) is 4.10. The summed E-state index contributed by atoms with van der Waals surface area (Å²) in [6, 6.07) is 10.4. The van der Waals surface area contributed by atoms with Crippen LogP contribution < -0.4 is 5.32 Å². The van der Waals surface area contributed by atoms with Crippen LogP contribution >= 0.6 is 0 Å². The van der Waals surface area contributed by atoms with Gasteiger partial charge in [-0.1, -0.05) is 18.2 Å². The van der Waals surface area contributed by atoms with Crippen molar-refractivity contribution in [1.29, 1.82) is 5.26 Å². The molecule has 0 aliphatic carbocycles. The smallest absolute Gasteiger partial charge is 0.157 e. The summed E-state index contributed by atoms with van der Waals surface area (Å²) in [5.74, 6) is 1.02. The van der Waals surface area contributed by atoms with Crippen molar-refractivity contribution in [2.45, 2.75) is 19.8 Å². The molecule has 6 heteroatoms. The first-order chi connectivity index (χ1) is 14.2. The van der Waals surface area contributed by atoms with Crippen molar-refractivity contribution in [2.24, 2.45) is 0 Å². The lowest BCUT2D eigenvalue weighted by molar-refractivity contribution is 0.0378. The number of aromatic nitrogens is 2. The van der Waals surface area contributed by atoms with Crippen LogP contribution in [0.15, 0.2) is 36.9 Å². The molecule has 1 N–H and O–H groups in total.